The van der Waals surface area contributed by atoms with Gasteiger partial charge >= 0.3 is 6.09 Å². The van der Waals surface area contributed by atoms with E-state index in [1.165, 1.54) is 4.90 Å². The Hall–Kier alpha value is -2.41. The Labute approximate surface area is 157 Å². The van der Waals surface area contributed by atoms with Crippen molar-refractivity contribution in [1.29, 1.82) is 0 Å². The number of hydrogen-bond acceptors (Lipinski definition) is 5. The van der Waals surface area contributed by atoms with Gasteiger partial charge in [-0.3, -0.25) is 9.69 Å². The van der Waals surface area contributed by atoms with Crippen molar-refractivity contribution in [2.75, 3.05) is 11.9 Å². The van der Waals surface area contributed by atoms with Gasteiger partial charge in [0.25, 0.3) is 0 Å². The van der Waals surface area contributed by atoms with Crippen LogP contribution in [0.1, 0.15) is 33.6 Å². The average molecular weight is 373 g/mol. The molecule has 26 heavy (non-hydrogen) atoms. The molecule has 0 aliphatic carbocycles. The molecule has 0 bridgehead atoms. The topological polar surface area (TPSA) is 71.5 Å². The van der Waals surface area contributed by atoms with Crippen molar-refractivity contribution >= 4 is 29.0 Å². The van der Waals surface area contributed by atoms with Crippen LogP contribution in [0, 0.1) is 0 Å². The Balaban J connectivity index is 1.69. The number of hydrogen-bond donors (Lipinski definition) is 1. The number of rotatable bonds is 3. The summed E-state index contributed by atoms with van der Waals surface area (Å²) in [5, 5.41) is 5.74. The third kappa shape index (κ3) is 4.40. The van der Waals surface area contributed by atoms with Crippen LogP contribution in [0.5, 0.6) is 0 Å². The van der Waals surface area contributed by atoms with E-state index in [4.69, 9.17) is 4.74 Å². The number of likely N-dealkylation sites (tertiary alicyclic amines) is 1. The molecule has 0 saturated carbocycles. The molecule has 1 atom stereocenters. The first-order valence-corrected chi connectivity index (χ1v) is 9.52. The normalized spacial score (nSPS) is 17.2. The van der Waals surface area contributed by atoms with E-state index >= 15 is 0 Å². The van der Waals surface area contributed by atoms with E-state index in [2.05, 4.69) is 10.3 Å². The van der Waals surface area contributed by atoms with Gasteiger partial charge in [0.05, 0.1) is 0 Å². The van der Waals surface area contributed by atoms with Crippen LogP contribution in [0.25, 0.3) is 10.6 Å². The van der Waals surface area contributed by atoms with E-state index in [0.29, 0.717) is 18.7 Å². The van der Waals surface area contributed by atoms with Crippen LogP contribution in [-0.2, 0) is 9.53 Å². The molecule has 7 heteroatoms. The molecule has 6 nitrogen and oxygen atoms in total. The lowest BCUT2D eigenvalue weighted by Crippen LogP contribution is -2.45. The Morgan fingerprint density at radius 2 is 2.15 bits per heavy atom. The summed E-state index contributed by atoms with van der Waals surface area (Å²) in [6, 6.07) is 7.06. The van der Waals surface area contributed by atoms with Crippen LogP contribution in [0.4, 0.5) is 10.5 Å². The Morgan fingerprint density at radius 1 is 1.35 bits per heavy atom. The molecular weight excluding hydrogens is 350 g/mol. The summed E-state index contributed by atoms with van der Waals surface area (Å²) in [5.41, 5.74) is 1.06. The molecular formula is C19H23N3O3S. The van der Waals surface area contributed by atoms with Gasteiger partial charge in [-0.2, -0.15) is 0 Å². The second kappa shape index (κ2) is 7.45. The van der Waals surface area contributed by atoms with Crippen LogP contribution in [0.3, 0.4) is 0 Å². The van der Waals surface area contributed by atoms with Crippen molar-refractivity contribution < 1.29 is 14.3 Å². The smallest absolute Gasteiger partial charge is 0.410 e. The summed E-state index contributed by atoms with van der Waals surface area (Å²) < 4.78 is 5.42. The minimum atomic E-state index is -0.581. The second-order valence-electron chi connectivity index (χ2n) is 7.24. The van der Waals surface area contributed by atoms with E-state index < -0.39 is 17.7 Å². The third-order valence-electron chi connectivity index (χ3n) is 3.99. The predicted octanol–water partition coefficient (Wildman–Crippen LogP) is 4.15. The Morgan fingerprint density at radius 3 is 2.85 bits per heavy atom. The number of nitrogens with one attached hydrogen (secondary N) is 1. The van der Waals surface area contributed by atoms with Gasteiger partial charge in [-0.1, -0.05) is 12.1 Å². The first-order chi connectivity index (χ1) is 12.3. The molecule has 1 fully saturated rings. The van der Waals surface area contributed by atoms with E-state index in [1.807, 2.05) is 50.4 Å². The number of ether oxygens (including phenoxy) is 1. The quantitative estimate of drug-likeness (QED) is 0.877. The van der Waals surface area contributed by atoms with Crippen molar-refractivity contribution in [3.8, 4) is 10.6 Å². The predicted molar refractivity (Wildman–Crippen MR) is 102 cm³/mol. The maximum Gasteiger partial charge on any atom is 0.410 e. The van der Waals surface area contributed by atoms with Crippen molar-refractivity contribution in [2.24, 2.45) is 0 Å². The molecule has 1 aromatic heterocycles. The lowest BCUT2D eigenvalue weighted by Gasteiger charge is -2.28. The monoisotopic (exact) mass is 373 g/mol. The Bertz CT molecular complexity index is 784. The van der Waals surface area contributed by atoms with Crippen LogP contribution in [-0.4, -0.2) is 40.1 Å². The highest BCUT2D eigenvalue weighted by Gasteiger charge is 2.36. The van der Waals surface area contributed by atoms with Crippen molar-refractivity contribution in [3.63, 3.8) is 0 Å². The number of thiazole rings is 1. The summed E-state index contributed by atoms with van der Waals surface area (Å²) in [6.07, 6.45) is 2.74. The molecule has 2 aromatic rings. The molecule has 1 N–H and O–H groups in total. The third-order valence-corrected chi connectivity index (χ3v) is 4.82. The maximum atomic E-state index is 12.7. The summed E-state index contributed by atoms with van der Waals surface area (Å²) >= 11 is 1.55. The summed E-state index contributed by atoms with van der Waals surface area (Å²) in [5.74, 6) is -0.190. The van der Waals surface area contributed by atoms with Gasteiger partial charge in [-0.05, 0) is 45.7 Å². The molecule has 1 aliphatic heterocycles. The highest BCUT2D eigenvalue weighted by molar-refractivity contribution is 7.13. The van der Waals surface area contributed by atoms with Crippen LogP contribution in [0.15, 0.2) is 35.8 Å². The highest BCUT2D eigenvalue weighted by atomic mass is 32.1. The number of anilines is 1. The largest absolute Gasteiger partial charge is 0.444 e. The molecule has 1 aromatic carbocycles. The molecule has 0 radical (unpaired) electrons. The SMILES string of the molecule is CC(C)(C)OC(=O)N1CCC[C@@H]1C(=O)Nc1cccc(-c2nccs2)c1. The number of aromatic nitrogens is 1. The summed E-state index contributed by atoms with van der Waals surface area (Å²) in [7, 11) is 0. The summed E-state index contributed by atoms with van der Waals surface area (Å²) in [6.45, 7) is 5.99. The van der Waals surface area contributed by atoms with Gasteiger partial charge in [0.15, 0.2) is 0 Å². The molecule has 138 valence electrons. The number of nitrogens with zero attached hydrogens (tertiary/aromatic N) is 2. The first kappa shape index (κ1) is 18.4. The number of benzene rings is 1. The number of amides is 2. The van der Waals surface area contributed by atoms with Gasteiger partial charge in [0, 0.05) is 29.4 Å². The van der Waals surface area contributed by atoms with E-state index in [9.17, 15) is 9.59 Å². The van der Waals surface area contributed by atoms with Gasteiger partial charge < -0.3 is 10.1 Å². The zero-order valence-corrected chi connectivity index (χ0v) is 16.0. The fourth-order valence-corrected chi connectivity index (χ4v) is 3.54. The zero-order chi connectivity index (χ0) is 18.7. The van der Waals surface area contributed by atoms with E-state index in [1.54, 1.807) is 17.5 Å². The lowest BCUT2D eigenvalue weighted by molar-refractivity contribution is -0.120. The van der Waals surface area contributed by atoms with Crippen LogP contribution >= 0.6 is 11.3 Å². The second-order valence-corrected chi connectivity index (χ2v) is 8.13. The van der Waals surface area contributed by atoms with Gasteiger partial charge in [-0.25, -0.2) is 9.78 Å². The summed E-state index contributed by atoms with van der Waals surface area (Å²) in [4.78, 5) is 30.9. The van der Waals surface area contributed by atoms with Crippen molar-refractivity contribution in [2.45, 2.75) is 45.3 Å². The molecule has 1 aliphatic rings. The highest BCUT2D eigenvalue weighted by Crippen LogP contribution is 2.26. The van der Waals surface area contributed by atoms with Gasteiger partial charge in [-0.15, -0.1) is 11.3 Å². The fraction of sp³-hybridized carbons (Fsp3) is 0.421. The van der Waals surface area contributed by atoms with Gasteiger partial charge in [0.1, 0.15) is 16.7 Å². The molecule has 3 rings (SSSR count). The number of carbonyl (C=O) groups excluding carboxylic acids is 2. The number of carbonyl (C=O) groups is 2. The molecule has 2 amide bonds. The van der Waals surface area contributed by atoms with Gasteiger partial charge in [0.2, 0.25) is 5.91 Å². The molecule has 2 heterocycles. The minimum Gasteiger partial charge on any atom is -0.444 e. The molecule has 1 saturated heterocycles. The first-order valence-electron chi connectivity index (χ1n) is 8.64. The standard InChI is InChI=1S/C19H23N3O3S/c1-19(2,3)25-18(24)22-10-5-8-15(22)16(23)21-14-7-4-6-13(12-14)17-20-9-11-26-17/h4,6-7,9,11-12,15H,5,8,10H2,1-3H3,(H,21,23)/t15-/m1/s1. The van der Waals surface area contributed by atoms with E-state index in [0.717, 1.165) is 17.0 Å². The lowest BCUT2D eigenvalue weighted by atomic mass is 10.1. The molecule has 0 unspecified atom stereocenters. The average Bonchev–Trinajstić information content (AvgIpc) is 3.25. The fourth-order valence-electron chi connectivity index (χ4n) is 2.90. The van der Waals surface area contributed by atoms with Crippen molar-refractivity contribution in [1.82, 2.24) is 9.88 Å². The van der Waals surface area contributed by atoms with Crippen molar-refractivity contribution in [3.05, 3.63) is 35.8 Å². The zero-order valence-electron chi connectivity index (χ0n) is 15.2. The molecule has 0 spiro atoms. The van der Waals surface area contributed by atoms with Crippen LogP contribution in [0.2, 0.25) is 0 Å². The maximum absolute atomic E-state index is 12.7. The Kier molecular flexibility index (Phi) is 5.27. The van der Waals surface area contributed by atoms with E-state index in [-0.39, 0.29) is 5.91 Å². The minimum absolute atomic E-state index is 0.190. The van der Waals surface area contributed by atoms with Crippen LogP contribution < -0.4 is 5.32 Å².